The molecule has 3 aromatic carbocycles. The number of fused-ring (bicyclic) bond motifs is 2. The van der Waals surface area contributed by atoms with Crippen LogP contribution >= 0.6 is 0 Å². The maximum atomic E-state index is 13.4. The molecule has 13 heteroatoms. The molecule has 56 heavy (non-hydrogen) atoms. The number of anilines is 3. The zero-order valence-corrected chi connectivity index (χ0v) is 31.7. The Morgan fingerprint density at radius 3 is 2.43 bits per heavy atom. The maximum absolute atomic E-state index is 13.4. The van der Waals surface area contributed by atoms with Crippen molar-refractivity contribution in [1.29, 1.82) is 0 Å². The quantitative estimate of drug-likeness (QED) is 0.143. The van der Waals surface area contributed by atoms with Crippen LogP contribution in [0.15, 0.2) is 113 Å². The van der Waals surface area contributed by atoms with Crippen molar-refractivity contribution in [1.82, 2.24) is 39.4 Å². The Morgan fingerprint density at radius 2 is 1.68 bits per heavy atom. The molecule has 1 fully saturated rings. The fourth-order valence-corrected chi connectivity index (χ4v) is 7.29. The molecular formula is C43H44N10O3. The number of hydrogen-bond donors (Lipinski definition) is 3. The highest BCUT2D eigenvalue weighted by atomic mass is 16.3. The second-order valence-corrected chi connectivity index (χ2v) is 14.8. The largest absolute Gasteiger partial charge is 0.384 e. The first-order valence-corrected chi connectivity index (χ1v) is 18.7. The monoisotopic (exact) mass is 748 g/mol. The number of nitrogens with zero attached hydrogens (tertiary/aromatic N) is 8. The lowest BCUT2D eigenvalue weighted by atomic mass is 9.99. The normalized spacial score (nSPS) is 13.8. The number of aromatic nitrogens is 7. The van der Waals surface area contributed by atoms with Crippen LogP contribution in [0.25, 0.3) is 27.6 Å². The number of hydrogen-bond acceptors (Lipinski definition) is 10. The summed E-state index contributed by atoms with van der Waals surface area (Å²) in [5.74, 6) is 0.787. The fraction of sp³-hybridized carbons (Fsp3) is 0.256. The van der Waals surface area contributed by atoms with Crippen molar-refractivity contribution in [2.75, 3.05) is 36.4 Å². The number of allylic oxidation sites excluding steroid dienone is 1. The average Bonchev–Trinajstić information content (AvgIpc) is 3.47. The van der Waals surface area contributed by atoms with E-state index in [0.29, 0.717) is 40.3 Å². The number of aryl methyl sites for hydroxylation is 1. The minimum absolute atomic E-state index is 0.167. The molecule has 8 rings (SSSR count). The highest BCUT2D eigenvalue weighted by Gasteiger charge is 2.23. The summed E-state index contributed by atoms with van der Waals surface area (Å²) in [6.45, 7) is 14.1. The fourth-order valence-electron chi connectivity index (χ4n) is 7.29. The SMILES string of the molecule is C=CCn1c(=O)c2cnc(Nc3ccc(N4CCN(Cc5cc(Cc6n[nH]c(=O)c7ccccc67)ccc5C)CC4)cc3)nc2n1-c1cccc(C(C)(C)O)n1. The van der Waals surface area contributed by atoms with E-state index in [-0.39, 0.29) is 17.7 Å². The summed E-state index contributed by atoms with van der Waals surface area (Å²) in [7, 11) is 0. The van der Waals surface area contributed by atoms with Gasteiger partial charge in [0.05, 0.1) is 23.3 Å². The van der Waals surface area contributed by atoms with Gasteiger partial charge in [-0.15, -0.1) is 6.58 Å². The van der Waals surface area contributed by atoms with Gasteiger partial charge in [0.1, 0.15) is 11.0 Å². The molecule has 0 bridgehead atoms. The van der Waals surface area contributed by atoms with E-state index in [0.717, 1.165) is 55.2 Å². The van der Waals surface area contributed by atoms with Gasteiger partial charge in [-0.2, -0.15) is 10.1 Å². The maximum Gasteiger partial charge on any atom is 0.278 e. The standard InChI is InChI=1S/C43H44N10O3/c1-5-19-52-41(55)35-26-44-42(47-39(35)53(52)38-12-8-11-37(46-38)43(3,4)56)45-31-15-17-32(18-16-31)51-22-20-50(21-23-51)27-30-24-29(14-13-28(30)2)25-36-33-9-6-7-10-34(33)40(54)49-48-36/h5-18,24,26,56H,1,19-23,25,27H2,2-4H3,(H,49,54)(H,44,45,47). The minimum atomic E-state index is -1.17. The summed E-state index contributed by atoms with van der Waals surface area (Å²) in [6, 6.07) is 27.8. The zero-order valence-electron chi connectivity index (χ0n) is 31.7. The zero-order chi connectivity index (χ0) is 39.0. The number of piperazine rings is 1. The molecule has 7 aromatic rings. The van der Waals surface area contributed by atoms with Crippen molar-refractivity contribution in [2.24, 2.45) is 0 Å². The number of pyridine rings is 1. The minimum Gasteiger partial charge on any atom is -0.384 e. The molecule has 0 radical (unpaired) electrons. The first-order valence-electron chi connectivity index (χ1n) is 18.7. The third-order valence-electron chi connectivity index (χ3n) is 10.4. The van der Waals surface area contributed by atoms with Crippen LogP contribution in [-0.4, -0.2) is 70.7 Å². The Labute approximate surface area is 323 Å². The van der Waals surface area contributed by atoms with E-state index in [9.17, 15) is 14.7 Å². The van der Waals surface area contributed by atoms with Gasteiger partial charge in [-0.05, 0) is 79.9 Å². The second kappa shape index (κ2) is 15.0. The van der Waals surface area contributed by atoms with E-state index in [2.05, 4.69) is 79.1 Å². The summed E-state index contributed by atoms with van der Waals surface area (Å²) in [5, 5.41) is 22.9. The molecule has 4 aromatic heterocycles. The van der Waals surface area contributed by atoms with Crippen molar-refractivity contribution in [3.63, 3.8) is 0 Å². The Morgan fingerprint density at radius 1 is 0.911 bits per heavy atom. The lowest BCUT2D eigenvalue weighted by Gasteiger charge is -2.36. The highest BCUT2D eigenvalue weighted by molar-refractivity contribution is 5.83. The number of benzene rings is 3. The highest BCUT2D eigenvalue weighted by Crippen LogP contribution is 2.25. The van der Waals surface area contributed by atoms with Crippen LogP contribution in [0.5, 0.6) is 0 Å². The van der Waals surface area contributed by atoms with Gasteiger partial charge in [0, 0.05) is 62.1 Å². The predicted molar refractivity (Wildman–Crippen MR) is 220 cm³/mol. The van der Waals surface area contributed by atoms with E-state index in [1.165, 1.54) is 27.6 Å². The van der Waals surface area contributed by atoms with Crippen molar-refractivity contribution < 1.29 is 5.11 Å². The molecular weight excluding hydrogens is 705 g/mol. The molecule has 1 saturated heterocycles. The van der Waals surface area contributed by atoms with E-state index in [4.69, 9.17) is 4.98 Å². The van der Waals surface area contributed by atoms with E-state index < -0.39 is 5.60 Å². The lowest BCUT2D eigenvalue weighted by Crippen LogP contribution is -2.46. The van der Waals surface area contributed by atoms with Gasteiger partial charge in [0.25, 0.3) is 11.1 Å². The van der Waals surface area contributed by atoms with Crippen LogP contribution in [-0.2, 0) is 25.1 Å². The summed E-state index contributed by atoms with van der Waals surface area (Å²) >= 11 is 0. The molecule has 0 amide bonds. The molecule has 5 heterocycles. The van der Waals surface area contributed by atoms with Crippen LogP contribution in [0.3, 0.4) is 0 Å². The first-order chi connectivity index (χ1) is 27.1. The van der Waals surface area contributed by atoms with Crippen molar-refractivity contribution in [3.05, 3.63) is 153 Å². The van der Waals surface area contributed by atoms with Gasteiger partial charge >= 0.3 is 0 Å². The van der Waals surface area contributed by atoms with E-state index in [1.54, 1.807) is 42.8 Å². The van der Waals surface area contributed by atoms with Gasteiger partial charge in [-0.25, -0.2) is 24.4 Å². The van der Waals surface area contributed by atoms with Crippen molar-refractivity contribution in [3.8, 4) is 5.82 Å². The Hall–Kier alpha value is -6.44. The van der Waals surface area contributed by atoms with Crippen molar-refractivity contribution in [2.45, 2.75) is 45.9 Å². The summed E-state index contributed by atoms with van der Waals surface area (Å²) in [6.07, 6.45) is 3.81. The van der Waals surface area contributed by atoms with Gasteiger partial charge in [-0.1, -0.05) is 48.5 Å². The van der Waals surface area contributed by atoms with Crippen molar-refractivity contribution >= 4 is 39.1 Å². The molecule has 284 valence electrons. The van der Waals surface area contributed by atoms with Gasteiger partial charge < -0.3 is 15.3 Å². The van der Waals surface area contributed by atoms with Gasteiger partial charge in [0.2, 0.25) is 5.95 Å². The number of nitrogens with one attached hydrogen (secondary N) is 2. The molecule has 0 aliphatic carbocycles. The topological polar surface area (TPSA) is 150 Å². The van der Waals surface area contributed by atoms with Crippen LogP contribution in [0.1, 0.15) is 41.9 Å². The smallest absolute Gasteiger partial charge is 0.278 e. The number of H-pyrrole nitrogens is 1. The molecule has 1 aliphatic heterocycles. The van der Waals surface area contributed by atoms with Crippen LogP contribution in [0, 0.1) is 6.92 Å². The van der Waals surface area contributed by atoms with Crippen LogP contribution in [0.4, 0.5) is 17.3 Å². The summed E-state index contributed by atoms with van der Waals surface area (Å²) < 4.78 is 3.16. The second-order valence-electron chi connectivity index (χ2n) is 14.8. The molecule has 0 saturated carbocycles. The number of aromatic amines is 1. The third-order valence-corrected chi connectivity index (χ3v) is 10.4. The number of aliphatic hydroxyl groups is 1. The van der Waals surface area contributed by atoms with Gasteiger partial charge in [-0.3, -0.25) is 14.5 Å². The molecule has 1 aliphatic rings. The molecule has 0 unspecified atom stereocenters. The van der Waals surface area contributed by atoms with Gasteiger partial charge in [0.15, 0.2) is 11.5 Å². The number of rotatable bonds is 11. The summed E-state index contributed by atoms with van der Waals surface area (Å²) in [5.41, 5.74) is 5.81. The Balaban J connectivity index is 0.932. The van der Waals surface area contributed by atoms with E-state index in [1.807, 2.05) is 36.4 Å². The van der Waals surface area contributed by atoms with Crippen LogP contribution in [0.2, 0.25) is 0 Å². The average molecular weight is 749 g/mol. The Bertz CT molecular complexity index is 2680. The van der Waals surface area contributed by atoms with E-state index >= 15 is 0 Å². The summed E-state index contributed by atoms with van der Waals surface area (Å²) in [4.78, 5) is 44.5. The van der Waals surface area contributed by atoms with Crippen LogP contribution < -0.4 is 21.3 Å². The molecule has 13 nitrogen and oxygen atoms in total. The molecule has 0 spiro atoms. The lowest BCUT2D eigenvalue weighted by molar-refractivity contribution is 0.0738. The Kier molecular flexibility index (Phi) is 9.79. The molecule has 3 N–H and O–H groups in total. The predicted octanol–water partition coefficient (Wildman–Crippen LogP) is 5.59. The third kappa shape index (κ3) is 7.33. The molecule has 0 atom stereocenters. The first kappa shape index (κ1) is 36.5.